The van der Waals surface area contributed by atoms with Crippen molar-refractivity contribution in [3.63, 3.8) is 0 Å². The molecule has 0 N–H and O–H groups in total. The maximum absolute atomic E-state index is 8.25. The van der Waals surface area contributed by atoms with Crippen LogP contribution in [-0.2, 0) is 34.1 Å². The molecule has 100 valence electrons. The van der Waals surface area contributed by atoms with Gasteiger partial charge in [-0.05, 0) is 0 Å². The number of nitrogens with zero attached hydrogens (tertiary/aromatic N) is 4. The molecule has 0 atom stereocenters. The summed E-state index contributed by atoms with van der Waals surface area (Å²) in [6.45, 7) is 4.75. The molecule has 0 aliphatic carbocycles. The van der Waals surface area contributed by atoms with Crippen molar-refractivity contribution in [3.05, 3.63) is 52.5 Å². The van der Waals surface area contributed by atoms with Crippen molar-refractivity contribution >= 4 is 0 Å². The van der Waals surface area contributed by atoms with E-state index in [9.17, 15) is 0 Å². The monoisotopic (exact) mass is 338 g/mol. The van der Waals surface area contributed by atoms with Crippen LogP contribution in [-0.4, -0.2) is 15.3 Å². The van der Waals surface area contributed by atoms with E-state index in [0.29, 0.717) is 0 Å². The zero-order valence-corrected chi connectivity index (χ0v) is 8.45. The van der Waals surface area contributed by atoms with Crippen LogP contribution < -0.4 is 0 Å². The van der Waals surface area contributed by atoms with E-state index in [2.05, 4.69) is 0 Å². The molecule has 0 aliphatic rings. The van der Waals surface area contributed by atoms with E-state index >= 15 is 0 Å². The van der Waals surface area contributed by atoms with Crippen LogP contribution in [0.4, 0.5) is 0 Å². The SMILES string of the molecule is O=[N+]([O-])[O-].O=[N+]([O-])[O-].O=[N+]([O-])[O-].[C-]#N.[Cu+2].[Cu+2]. The summed E-state index contributed by atoms with van der Waals surface area (Å²) in [4.78, 5) is 24.8. The van der Waals surface area contributed by atoms with Gasteiger partial charge in [-0.3, -0.25) is 0 Å². The van der Waals surface area contributed by atoms with Crippen LogP contribution in [0.5, 0.6) is 0 Å². The zero-order valence-electron chi connectivity index (χ0n) is 6.57. The third-order valence-electron chi connectivity index (χ3n) is 0. The normalized spacial score (nSPS) is 4.62. The first-order valence-corrected chi connectivity index (χ1v) is 1.87. The molecule has 0 bridgehead atoms. The Balaban J connectivity index is -0.0000000205. The quantitative estimate of drug-likeness (QED) is 0.235. The fourth-order valence-corrected chi connectivity index (χ4v) is 0. The van der Waals surface area contributed by atoms with E-state index in [1.54, 1.807) is 0 Å². The molecule has 0 aromatic carbocycles. The molecule has 0 spiro atoms. The maximum atomic E-state index is 8.25. The van der Waals surface area contributed by atoms with Gasteiger partial charge in [0.2, 0.25) is 0 Å². The summed E-state index contributed by atoms with van der Waals surface area (Å²) in [6.07, 6.45) is 0. The minimum Gasteiger partial charge on any atom is -0.512 e. The first-order valence-electron chi connectivity index (χ1n) is 1.87. The standard InChI is InChI=1S/CN.2Cu.3NO3/c1-2;;;3*2-1(3)4/q-1;2*+2;3*-1. The molecule has 0 saturated carbocycles. The molecule has 0 unspecified atom stereocenters. The van der Waals surface area contributed by atoms with E-state index < -0.39 is 15.3 Å². The number of rotatable bonds is 0. The molecule has 0 fully saturated rings. The molecule has 16 heavy (non-hydrogen) atoms. The van der Waals surface area contributed by atoms with E-state index in [0.717, 1.165) is 0 Å². The van der Waals surface area contributed by atoms with Crippen LogP contribution in [0.1, 0.15) is 0 Å². The largest absolute Gasteiger partial charge is 2.00 e. The van der Waals surface area contributed by atoms with Crippen LogP contribution in [0.25, 0.3) is 0 Å². The van der Waals surface area contributed by atoms with Crippen molar-refractivity contribution in [2.75, 3.05) is 0 Å². The second-order valence-corrected chi connectivity index (χ2v) is 0.671. The van der Waals surface area contributed by atoms with Crippen LogP contribution in [0.15, 0.2) is 0 Å². The average Bonchev–Trinajstić information content (AvgIpc) is 1.86. The summed E-state index contributed by atoms with van der Waals surface area (Å²) >= 11 is 0. The third kappa shape index (κ3) is 429. The van der Waals surface area contributed by atoms with E-state index in [1.807, 2.05) is 0 Å². The first-order chi connectivity index (χ1) is 6.20. The summed E-state index contributed by atoms with van der Waals surface area (Å²) in [5.74, 6) is 0. The Labute approximate surface area is 108 Å². The van der Waals surface area contributed by atoms with Crippen LogP contribution in [0.2, 0.25) is 0 Å². The summed E-state index contributed by atoms with van der Waals surface area (Å²) in [7, 11) is 0. The predicted octanol–water partition coefficient (Wildman–Crippen LogP) is -0.626. The fraction of sp³-hybridized carbons (Fsp3) is 0. The molecule has 0 aliphatic heterocycles. The van der Waals surface area contributed by atoms with Crippen LogP contribution in [0, 0.1) is 57.8 Å². The van der Waals surface area contributed by atoms with Crippen LogP contribution in [0.3, 0.4) is 0 Å². The van der Waals surface area contributed by atoms with Crippen molar-refractivity contribution in [1.29, 1.82) is 5.26 Å². The molecule has 15 heteroatoms. The zero-order chi connectivity index (χ0) is 12.7. The molecule has 13 nitrogen and oxygen atoms in total. The van der Waals surface area contributed by atoms with Gasteiger partial charge in [-0.1, -0.05) is 0 Å². The minimum absolute atomic E-state index is 0. The van der Waals surface area contributed by atoms with Gasteiger partial charge in [0.1, 0.15) is 0 Å². The van der Waals surface area contributed by atoms with Crippen LogP contribution >= 0.6 is 0 Å². The second kappa shape index (κ2) is 38.0. The Kier molecular flexibility index (Phi) is 87.5. The summed E-state index contributed by atoms with van der Waals surface area (Å²) < 4.78 is 0. The fourth-order valence-electron chi connectivity index (χ4n) is 0. The van der Waals surface area contributed by atoms with E-state index in [-0.39, 0.29) is 34.1 Å². The Morgan fingerprint density at radius 3 is 0.625 bits per heavy atom. The molecule has 0 rings (SSSR count). The molecular formula is CCu2N4O9. The van der Waals surface area contributed by atoms with Gasteiger partial charge in [0.25, 0.3) is 0 Å². The van der Waals surface area contributed by atoms with Gasteiger partial charge in [0, 0.05) is 0 Å². The first kappa shape index (κ1) is 36.9. The van der Waals surface area contributed by atoms with Crippen molar-refractivity contribution in [2.45, 2.75) is 0 Å². The van der Waals surface area contributed by atoms with Gasteiger partial charge in [0.05, 0.1) is 15.3 Å². The molecular weight excluding hydrogens is 339 g/mol. The van der Waals surface area contributed by atoms with Gasteiger partial charge < -0.3 is 57.8 Å². The predicted molar refractivity (Wildman–Crippen MR) is 36.1 cm³/mol. The van der Waals surface area contributed by atoms with Gasteiger partial charge in [-0.2, -0.15) is 0 Å². The summed E-state index contributed by atoms with van der Waals surface area (Å²) in [6, 6.07) is 0. The molecule has 0 amide bonds. The van der Waals surface area contributed by atoms with Gasteiger partial charge >= 0.3 is 34.1 Å². The second-order valence-electron chi connectivity index (χ2n) is 0.671. The third-order valence-corrected chi connectivity index (χ3v) is 0. The number of hydrogen-bond donors (Lipinski definition) is 0. The summed E-state index contributed by atoms with van der Waals surface area (Å²) in [5.41, 5.74) is 0. The molecule has 0 aromatic heterocycles. The van der Waals surface area contributed by atoms with Gasteiger partial charge in [-0.15, -0.1) is 0 Å². The Bertz CT molecular complexity index is 153. The van der Waals surface area contributed by atoms with E-state index in [4.69, 9.17) is 57.8 Å². The van der Waals surface area contributed by atoms with Crippen molar-refractivity contribution < 1.29 is 49.4 Å². The molecule has 0 saturated heterocycles. The smallest absolute Gasteiger partial charge is 0.512 e. The molecule has 0 heterocycles. The average molecular weight is 339 g/mol. The Hall–Kier alpha value is -1.87. The Morgan fingerprint density at radius 2 is 0.625 bits per heavy atom. The van der Waals surface area contributed by atoms with Crippen molar-refractivity contribution in [1.82, 2.24) is 0 Å². The Morgan fingerprint density at radius 1 is 0.625 bits per heavy atom. The minimum atomic E-state index is -1.75. The number of hydrogen-bond acceptors (Lipinski definition) is 10. The molecule has 2 radical (unpaired) electrons. The van der Waals surface area contributed by atoms with Crippen molar-refractivity contribution in [2.24, 2.45) is 0 Å². The van der Waals surface area contributed by atoms with Gasteiger partial charge in [0.15, 0.2) is 0 Å². The van der Waals surface area contributed by atoms with Crippen molar-refractivity contribution in [3.8, 4) is 0 Å². The topological polar surface area (TPSA) is 222 Å². The summed E-state index contributed by atoms with van der Waals surface area (Å²) in [5, 5.41) is 50.5. The molecule has 0 aromatic rings. The maximum Gasteiger partial charge on any atom is 2.00 e. The van der Waals surface area contributed by atoms with Gasteiger partial charge in [-0.25, -0.2) is 0 Å². The van der Waals surface area contributed by atoms with E-state index in [1.165, 1.54) is 0 Å².